The van der Waals surface area contributed by atoms with Crippen molar-refractivity contribution in [1.82, 2.24) is 20.1 Å². The van der Waals surface area contributed by atoms with Crippen LogP contribution in [0.3, 0.4) is 0 Å². The van der Waals surface area contributed by atoms with E-state index in [1.807, 2.05) is 31.3 Å². The number of nitrogens with zero attached hydrogens (tertiary/aromatic N) is 3. The van der Waals surface area contributed by atoms with E-state index in [4.69, 9.17) is 0 Å². The van der Waals surface area contributed by atoms with E-state index in [0.29, 0.717) is 18.7 Å². The summed E-state index contributed by atoms with van der Waals surface area (Å²) in [5, 5.41) is 7.86. The first-order chi connectivity index (χ1) is 12.9. The number of nitrogens with one attached hydrogen (secondary N) is 1. The molecular formula is C20H19F3N4. The van der Waals surface area contributed by atoms with E-state index in [9.17, 15) is 13.2 Å². The van der Waals surface area contributed by atoms with Gasteiger partial charge in [-0.15, -0.1) is 0 Å². The lowest BCUT2D eigenvalue weighted by molar-refractivity contribution is -0.138. The van der Waals surface area contributed by atoms with Crippen LogP contribution in [0.4, 0.5) is 13.2 Å². The Morgan fingerprint density at radius 3 is 2.70 bits per heavy atom. The van der Waals surface area contributed by atoms with Crippen LogP contribution in [0.1, 0.15) is 28.8 Å². The zero-order valence-electron chi connectivity index (χ0n) is 14.7. The minimum atomic E-state index is -4.37. The zero-order valence-corrected chi connectivity index (χ0v) is 14.7. The van der Waals surface area contributed by atoms with E-state index in [0.717, 1.165) is 23.0 Å². The number of aryl methyl sites for hydroxylation is 1. The maximum Gasteiger partial charge on any atom is 0.416 e. The molecule has 1 fully saturated rings. The van der Waals surface area contributed by atoms with Gasteiger partial charge in [0.15, 0.2) is 0 Å². The molecule has 0 aliphatic carbocycles. The Bertz CT molecular complexity index is 948. The molecule has 0 saturated carbocycles. The van der Waals surface area contributed by atoms with Crippen LogP contribution in [0.15, 0.2) is 54.9 Å². The van der Waals surface area contributed by atoms with E-state index < -0.39 is 11.7 Å². The van der Waals surface area contributed by atoms with Gasteiger partial charge in [0.05, 0.1) is 17.3 Å². The molecule has 1 aliphatic rings. The second-order valence-electron chi connectivity index (χ2n) is 6.78. The smallest absolute Gasteiger partial charge is 0.314 e. The first-order valence-electron chi connectivity index (χ1n) is 8.78. The molecule has 1 aliphatic heterocycles. The lowest BCUT2D eigenvalue weighted by atomic mass is 9.90. The molecule has 140 valence electrons. The Labute approximate surface area is 155 Å². The van der Waals surface area contributed by atoms with Crippen LogP contribution in [0.2, 0.25) is 0 Å². The fraction of sp³-hybridized carbons (Fsp3) is 0.300. The highest BCUT2D eigenvalue weighted by Crippen LogP contribution is 2.40. The van der Waals surface area contributed by atoms with Crippen molar-refractivity contribution in [2.75, 3.05) is 13.1 Å². The van der Waals surface area contributed by atoms with Crippen LogP contribution < -0.4 is 5.32 Å². The molecule has 3 aromatic rings. The molecule has 1 saturated heterocycles. The summed E-state index contributed by atoms with van der Waals surface area (Å²) in [7, 11) is 0. The summed E-state index contributed by atoms with van der Waals surface area (Å²) < 4.78 is 42.1. The molecule has 3 heterocycles. The number of hydrogen-bond donors (Lipinski definition) is 1. The third kappa shape index (κ3) is 3.47. The molecule has 0 bridgehead atoms. The molecule has 0 amide bonds. The van der Waals surface area contributed by atoms with E-state index in [1.165, 1.54) is 6.07 Å². The average molecular weight is 372 g/mol. The fourth-order valence-corrected chi connectivity index (χ4v) is 3.72. The molecule has 2 atom stereocenters. The van der Waals surface area contributed by atoms with Crippen molar-refractivity contribution in [3.63, 3.8) is 0 Å². The first-order valence-corrected chi connectivity index (χ1v) is 8.78. The summed E-state index contributed by atoms with van der Waals surface area (Å²) in [6.07, 6.45) is -0.803. The number of rotatable bonds is 3. The van der Waals surface area contributed by atoms with Gasteiger partial charge in [-0.25, -0.2) is 0 Å². The molecule has 0 radical (unpaired) electrons. The van der Waals surface area contributed by atoms with Gasteiger partial charge in [-0.2, -0.15) is 18.3 Å². The van der Waals surface area contributed by atoms with Gasteiger partial charge in [0.1, 0.15) is 0 Å². The number of alkyl halides is 3. The molecular weight excluding hydrogens is 353 g/mol. The highest BCUT2D eigenvalue weighted by Gasteiger charge is 2.39. The molecule has 1 aromatic carbocycles. The standard InChI is InChI=1S/C20H19F3N4/c1-13-10-14(6-8-25-13)18-7-9-27(26-18)19-12-24-11-16(19)15-4-2-3-5-17(15)20(21,22)23/h2-10,16,19,24H,11-12H2,1H3/t16-,19+/m1/s1. The quantitative estimate of drug-likeness (QED) is 0.749. The number of benzene rings is 1. The Hall–Kier alpha value is -2.67. The van der Waals surface area contributed by atoms with Gasteiger partial charge in [-0.05, 0) is 36.8 Å². The Kier molecular flexibility index (Phi) is 4.47. The predicted molar refractivity (Wildman–Crippen MR) is 96.3 cm³/mol. The monoisotopic (exact) mass is 372 g/mol. The molecule has 1 N–H and O–H groups in total. The Morgan fingerprint density at radius 2 is 1.93 bits per heavy atom. The second kappa shape index (κ2) is 6.81. The SMILES string of the molecule is Cc1cc(-c2ccn([C@H]3CNC[C@@H]3c3ccccc3C(F)(F)F)n2)ccn1. The van der Waals surface area contributed by atoms with E-state index >= 15 is 0 Å². The van der Waals surface area contributed by atoms with Crippen molar-refractivity contribution < 1.29 is 13.2 Å². The fourth-order valence-electron chi connectivity index (χ4n) is 3.72. The van der Waals surface area contributed by atoms with Crippen LogP contribution in [-0.2, 0) is 6.18 Å². The van der Waals surface area contributed by atoms with Crippen molar-refractivity contribution in [2.24, 2.45) is 0 Å². The molecule has 2 aromatic heterocycles. The summed E-state index contributed by atoms with van der Waals surface area (Å²) in [5.74, 6) is -0.297. The predicted octanol–water partition coefficient (Wildman–Crippen LogP) is 4.20. The Balaban J connectivity index is 1.68. The molecule has 0 unspecified atom stereocenters. The Morgan fingerprint density at radius 1 is 1.11 bits per heavy atom. The van der Waals surface area contributed by atoms with Crippen molar-refractivity contribution in [3.05, 3.63) is 71.7 Å². The number of halogens is 3. The third-order valence-corrected chi connectivity index (χ3v) is 4.99. The van der Waals surface area contributed by atoms with Crippen molar-refractivity contribution in [3.8, 4) is 11.3 Å². The lowest BCUT2D eigenvalue weighted by Crippen LogP contribution is -2.20. The molecule has 4 rings (SSSR count). The van der Waals surface area contributed by atoms with Crippen LogP contribution in [0, 0.1) is 6.92 Å². The number of pyridine rings is 1. The van der Waals surface area contributed by atoms with Crippen LogP contribution in [0.25, 0.3) is 11.3 Å². The highest BCUT2D eigenvalue weighted by molar-refractivity contribution is 5.58. The van der Waals surface area contributed by atoms with Gasteiger partial charge in [-0.1, -0.05) is 18.2 Å². The van der Waals surface area contributed by atoms with Gasteiger partial charge in [0.2, 0.25) is 0 Å². The van der Waals surface area contributed by atoms with Crippen molar-refractivity contribution >= 4 is 0 Å². The zero-order chi connectivity index (χ0) is 19.0. The topological polar surface area (TPSA) is 42.7 Å². The largest absolute Gasteiger partial charge is 0.416 e. The summed E-state index contributed by atoms with van der Waals surface area (Å²) in [4.78, 5) is 4.18. The molecule has 4 nitrogen and oxygen atoms in total. The minimum absolute atomic E-state index is 0.176. The van der Waals surface area contributed by atoms with Crippen LogP contribution >= 0.6 is 0 Å². The minimum Gasteiger partial charge on any atom is -0.314 e. The number of aromatic nitrogens is 3. The van der Waals surface area contributed by atoms with Crippen LogP contribution in [-0.4, -0.2) is 27.9 Å². The van der Waals surface area contributed by atoms with E-state index in [-0.39, 0.29) is 12.0 Å². The summed E-state index contributed by atoms with van der Waals surface area (Å²) in [5.41, 5.74) is 2.37. The summed E-state index contributed by atoms with van der Waals surface area (Å²) >= 11 is 0. The molecule has 0 spiro atoms. The maximum absolute atomic E-state index is 13.4. The first kappa shape index (κ1) is 17.7. The van der Waals surface area contributed by atoms with E-state index in [1.54, 1.807) is 23.0 Å². The second-order valence-corrected chi connectivity index (χ2v) is 6.78. The molecule has 27 heavy (non-hydrogen) atoms. The van der Waals surface area contributed by atoms with Crippen molar-refractivity contribution in [1.29, 1.82) is 0 Å². The summed E-state index contributed by atoms with van der Waals surface area (Å²) in [6.45, 7) is 2.97. The van der Waals surface area contributed by atoms with Gasteiger partial charge in [-0.3, -0.25) is 9.67 Å². The summed E-state index contributed by atoms with van der Waals surface area (Å²) in [6, 6.07) is 11.3. The van der Waals surface area contributed by atoms with Crippen LogP contribution in [0.5, 0.6) is 0 Å². The normalized spacial score (nSPS) is 20.1. The molecule has 7 heteroatoms. The van der Waals surface area contributed by atoms with E-state index in [2.05, 4.69) is 15.4 Å². The van der Waals surface area contributed by atoms with Crippen molar-refractivity contribution in [2.45, 2.75) is 25.1 Å². The van der Waals surface area contributed by atoms with Gasteiger partial charge >= 0.3 is 6.18 Å². The average Bonchev–Trinajstić information content (AvgIpc) is 3.30. The number of hydrogen-bond acceptors (Lipinski definition) is 3. The third-order valence-electron chi connectivity index (χ3n) is 4.99. The van der Waals surface area contributed by atoms with Gasteiger partial charge < -0.3 is 5.32 Å². The highest BCUT2D eigenvalue weighted by atomic mass is 19.4. The van der Waals surface area contributed by atoms with Gasteiger partial charge in [0, 0.05) is 42.7 Å². The van der Waals surface area contributed by atoms with Gasteiger partial charge in [0.25, 0.3) is 0 Å². The lowest BCUT2D eigenvalue weighted by Gasteiger charge is -2.23. The maximum atomic E-state index is 13.4.